The largest absolute Gasteiger partial charge is 0.478 e. The molecule has 2 fully saturated rings. The fraction of sp³-hybridized carbons (Fsp3) is 0.370. The molecule has 7 nitrogen and oxygen atoms in total. The second-order valence-electron chi connectivity index (χ2n) is 9.42. The lowest BCUT2D eigenvalue weighted by atomic mass is 9.96. The van der Waals surface area contributed by atoms with Gasteiger partial charge in [0.2, 0.25) is 0 Å². The van der Waals surface area contributed by atoms with Gasteiger partial charge in [0.05, 0.1) is 26.3 Å². The number of rotatable bonds is 7. The Morgan fingerprint density at radius 1 is 1.11 bits per heavy atom. The Kier molecular flexibility index (Phi) is 7.39. The summed E-state index contributed by atoms with van der Waals surface area (Å²) < 4.78 is 11.6. The van der Waals surface area contributed by atoms with Crippen LogP contribution >= 0.6 is 34.8 Å². The SMILES string of the molecule is CC[C@@H]1C[C@H](OC(=O)c2c(-c3c(Cl)cccc3Cl)noc2C2CC2)CCN1c1ccc(C(=O)O)cc1Cl. The van der Waals surface area contributed by atoms with Crippen molar-refractivity contribution in [2.45, 2.75) is 57.1 Å². The molecule has 10 heteroatoms. The summed E-state index contributed by atoms with van der Waals surface area (Å²) in [5, 5.41) is 14.6. The van der Waals surface area contributed by atoms with Crippen molar-refractivity contribution in [1.29, 1.82) is 0 Å². The van der Waals surface area contributed by atoms with Crippen LogP contribution in [0.25, 0.3) is 11.3 Å². The van der Waals surface area contributed by atoms with Crippen molar-refractivity contribution < 1.29 is 24.0 Å². The number of nitrogens with zero attached hydrogens (tertiary/aromatic N) is 2. The first-order valence-corrected chi connectivity index (χ1v) is 13.4. The number of carboxylic acid groups (broad SMARTS) is 1. The third-order valence-corrected chi connectivity index (χ3v) is 7.92. The Balaban J connectivity index is 1.37. The lowest BCUT2D eigenvalue weighted by Crippen LogP contribution is -2.45. The van der Waals surface area contributed by atoms with E-state index in [9.17, 15) is 14.7 Å². The van der Waals surface area contributed by atoms with Crippen LogP contribution in [0.2, 0.25) is 15.1 Å². The van der Waals surface area contributed by atoms with Crippen molar-refractivity contribution in [2.24, 2.45) is 0 Å². The van der Waals surface area contributed by atoms with Gasteiger partial charge in [-0.3, -0.25) is 0 Å². The molecule has 194 valence electrons. The second kappa shape index (κ2) is 10.6. The zero-order valence-corrected chi connectivity index (χ0v) is 22.3. The molecule has 2 aliphatic rings. The van der Waals surface area contributed by atoms with Gasteiger partial charge in [-0.1, -0.05) is 52.9 Å². The molecule has 0 bridgehead atoms. The minimum Gasteiger partial charge on any atom is -0.478 e. The predicted molar refractivity (Wildman–Crippen MR) is 142 cm³/mol. The number of ether oxygens (including phenoxy) is 1. The smallest absolute Gasteiger partial charge is 0.344 e. The van der Waals surface area contributed by atoms with Crippen LogP contribution in [-0.4, -0.2) is 40.9 Å². The second-order valence-corrected chi connectivity index (χ2v) is 10.6. The molecule has 3 aromatic rings. The number of aromatic carboxylic acids is 1. The van der Waals surface area contributed by atoms with E-state index in [1.54, 1.807) is 30.3 Å². The topological polar surface area (TPSA) is 92.9 Å². The predicted octanol–water partition coefficient (Wildman–Crippen LogP) is 7.48. The number of carbonyl (C=O) groups excluding carboxylic acids is 1. The highest BCUT2D eigenvalue weighted by atomic mass is 35.5. The highest BCUT2D eigenvalue weighted by Crippen LogP contribution is 2.46. The summed E-state index contributed by atoms with van der Waals surface area (Å²) in [4.78, 5) is 27.0. The van der Waals surface area contributed by atoms with Crippen LogP contribution in [0.3, 0.4) is 0 Å². The highest BCUT2D eigenvalue weighted by Gasteiger charge is 2.39. The zero-order valence-electron chi connectivity index (χ0n) is 20.0. The molecule has 2 heterocycles. The van der Waals surface area contributed by atoms with Crippen LogP contribution in [0, 0.1) is 0 Å². The van der Waals surface area contributed by atoms with E-state index in [2.05, 4.69) is 17.0 Å². The number of hydrogen-bond donors (Lipinski definition) is 1. The molecule has 0 amide bonds. The lowest BCUT2D eigenvalue weighted by Gasteiger charge is -2.40. The molecule has 2 atom stereocenters. The first-order chi connectivity index (χ1) is 17.8. The monoisotopic (exact) mass is 562 g/mol. The summed E-state index contributed by atoms with van der Waals surface area (Å²) in [6.45, 7) is 2.66. The molecule has 1 aliphatic carbocycles. The number of hydrogen-bond acceptors (Lipinski definition) is 6. The maximum absolute atomic E-state index is 13.5. The molecule has 1 aliphatic heterocycles. The summed E-state index contributed by atoms with van der Waals surface area (Å²) in [7, 11) is 0. The van der Waals surface area contributed by atoms with Crippen LogP contribution in [0.15, 0.2) is 40.9 Å². The molecule has 1 saturated heterocycles. The maximum atomic E-state index is 13.5. The fourth-order valence-electron chi connectivity index (χ4n) is 4.93. The van der Waals surface area contributed by atoms with Crippen LogP contribution in [0.1, 0.15) is 71.4 Å². The summed E-state index contributed by atoms with van der Waals surface area (Å²) in [6, 6.07) is 9.92. The van der Waals surface area contributed by atoms with E-state index in [0.29, 0.717) is 57.0 Å². The van der Waals surface area contributed by atoms with Gasteiger partial charge in [-0.05, 0) is 49.6 Å². The van der Waals surface area contributed by atoms with Crippen LogP contribution in [-0.2, 0) is 4.74 Å². The van der Waals surface area contributed by atoms with Crippen molar-refractivity contribution in [1.82, 2.24) is 5.16 Å². The summed E-state index contributed by atoms with van der Waals surface area (Å²) >= 11 is 19.3. The number of anilines is 1. The molecule has 0 spiro atoms. The normalized spacial score (nSPS) is 19.6. The van der Waals surface area contributed by atoms with Crippen LogP contribution in [0.5, 0.6) is 0 Å². The minimum absolute atomic E-state index is 0.0580. The molecule has 2 aromatic carbocycles. The Hall–Kier alpha value is -2.74. The molecular formula is C27H25Cl3N2O5. The van der Waals surface area contributed by atoms with Crippen LogP contribution in [0.4, 0.5) is 5.69 Å². The number of carboxylic acids is 1. The van der Waals surface area contributed by atoms with Gasteiger partial charge in [-0.25, -0.2) is 9.59 Å². The minimum atomic E-state index is -1.03. The Bertz CT molecular complexity index is 1330. The van der Waals surface area contributed by atoms with E-state index < -0.39 is 11.9 Å². The van der Waals surface area contributed by atoms with E-state index in [1.807, 2.05) is 0 Å². The Morgan fingerprint density at radius 3 is 2.46 bits per heavy atom. The van der Waals surface area contributed by atoms with E-state index >= 15 is 0 Å². The van der Waals surface area contributed by atoms with Crippen molar-refractivity contribution in [3.05, 3.63) is 68.4 Å². The Morgan fingerprint density at radius 2 is 1.84 bits per heavy atom. The van der Waals surface area contributed by atoms with E-state index in [-0.39, 0.29) is 23.6 Å². The molecular weight excluding hydrogens is 539 g/mol. The van der Waals surface area contributed by atoms with Gasteiger partial charge < -0.3 is 19.3 Å². The molecule has 1 aromatic heterocycles. The molecule has 1 N–H and O–H groups in total. The van der Waals surface area contributed by atoms with E-state index in [1.165, 1.54) is 6.07 Å². The van der Waals surface area contributed by atoms with Crippen molar-refractivity contribution in [3.63, 3.8) is 0 Å². The first-order valence-electron chi connectivity index (χ1n) is 12.2. The third kappa shape index (κ3) is 5.17. The van der Waals surface area contributed by atoms with Gasteiger partial charge in [0, 0.05) is 36.9 Å². The molecule has 5 rings (SSSR count). The number of halogens is 3. The lowest BCUT2D eigenvalue weighted by molar-refractivity contribution is 0.0206. The number of esters is 1. The first kappa shape index (κ1) is 25.9. The van der Waals surface area contributed by atoms with Crippen molar-refractivity contribution >= 4 is 52.4 Å². The number of aromatic nitrogens is 1. The average molecular weight is 564 g/mol. The maximum Gasteiger partial charge on any atom is 0.344 e. The quantitative estimate of drug-likeness (QED) is 0.298. The fourth-order valence-corrected chi connectivity index (χ4v) is 5.79. The van der Waals surface area contributed by atoms with Crippen molar-refractivity contribution in [3.8, 4) is 11.3 Å². The van der Waals surface area contributed by atoms with Gasteiger partial charge >= 0.3 is 11.9 Å². The van der Waals surface area contributed by atoms with Crippen LogP contribution < -0.4 is 4.90 Å². The number of piperidine rings is 1. The van der Waals surface area contributed by atoms with Crippen molar-refractivity contribution in [2.75, 3.05) is 11.4 Å². The standard InChI is InChI=1S/C27H25Cl3N2O5/c1-2-16-13-17(10-11-32(16)21-9-8-15(26(33)34)12-20(21)30)36-27(35)23-24(31-37-25(23)14-6-7-14)22-18(28)4-3-5-19(22)29/h3-5,8-9,12,14,16-17H,2,6-7,10-11,13H2,1H3,(H,33,34)/t16-,17-/m1/s1. The number of benzene rings is 2. The molecule has 1 saturated carbocycles. The Labute approximate surface area is 229 Å². The van der Waals surface area contributed by atoms with Gasteiger partial charge in [0.1, 0.15) is 17.4 Å². The summed E-state index contributed by atoms with van der Waals surface area (Å²) in [6.07, 6.45) is 3.51. The summed E-state index contributed by atoms with van der Waals surface area (Å²) in [5.41, 5.74) is 1.96. The van der Waals surface area contributed by atoms with Gasteiger partial charge in [-0.15, -0.1) is 0 Å². The van der Waals surface area contributed by atoms with Gasteiger partial charge in [0.15, 0.2) is 5.76 Å². The molecule has 37 heavy (non-hydrogen) atoms. The third-order valence-electron chi connectivity index (χ3n) is 6.99. The highest BCUT2D eigenvalue weighted by molar-refractivity contribution is 6.39. The average Bonchev–Trinajstić information content (AvgIpc) is 3.62. The van der Waals surface area contributed by atoms with Gasteiger partial charge in [-0.2, -0.15) is 0 Å². The van der Waals surface area contributed by atoms with E-state index in [4.69, 9.17) is 44.1 Å². The molecule has 0 unspecified atom stereocenters. The van der Waals surface area contributed by atoms with Gasteiger partial charge in [0.25, 0.3) is 0 Å². The molecule has 0 radical (unpaired) electrons. The summed E-state index contributed by atoms with van der Waals surface area (Å²) in [5.74, 6) is -0.869. The zero-order chi connectivity index (χ0) is 26.3. The number of carbonyl (C=O) groups is 2. The van der Waals surface area contributed by atoms with E-state index in [0.717, 1.165) is 24.9 Å².